The molecule has 1 N–H and O–H groups in total. The van der Waals surface area contributed by atoms with Crippen LogP contribution < -0.4 is 4.72 Å². The van der Waals surface area contributed by atoms with E-state index in [1.54, 1.807) is 19.1 Å². The molecule has 9 heteroatoms. The van der Waals surface area contributed by atoms with Crippen molar-refractivity contribution in [2.45, 2.75) is 25.2 Å². The molecule has 0 amide bonds. The quantitative estimate of drug-likeness (QED) is 0.775. The van der Waals surface area contributed by atoms with E-state index in [2.05, 4.69) is 46.7 Å². The molecule has 1 aromatic carbocycles. The van der Waals surface area contributed by atoms with Gasteiger partial charge in [0.2, 0.25) is 15.9 Å². The fourth-order valence-corrected chi connectivity index (χ4v) is 4.36. The molecule has 2 rings (SSSR count). The number of hydrogen-bond acceptors (Lipinski definition) is 5. The molecule has 1 heterocycles. The summed E-state index contributed by atoms with van der Waals surface area (Å²) in [7, 11) is -3.61. The SMILES string of the molecule is Cc1nc(CCNS(=O)(=O)c2cc(Br)c(C)cc2Br)no1. The van der Waals surface area contributed by atoms with Gasteiger partial charge >= 0.3 is 0 Å². The Labute approximate surface area is 139 Å². The topological polar surface area (TPSA) is 85.1 Å². The fourth-order valence-electron chi connectivity index (χ4n) is 1.65. The molecule has 114 valence electrons. The molecule has 0 aliphatic rings. The van der Waals surface area contributed by atoms with Gasteiger partial charge in [0.05, 0.1) is 4.90 Å². The molecule has 0 atom stereocenters. The first-order valence-electron chi connectivity index (χ1n) is 6.04. The molecular formula is C12H13Br2N3O3S. The Kier molecular flexibility index (Phi) is 5.18. The molecule has 0 saturated carbocycles. The number of hydrogen-bond donors (Lipinski definition) is 1. The molecule has 0 spiro atoms. The van der Waals surface area contributed by atoms with Crippen molar-refractivity contribution in [3.8, 4) is 0 Å². The summed E-state index contributed by atoms with van der Waals surface area (Å²) in [6.45, 7) is 3.76. The number of halogens is 2. The van der Waals surface area contributed by atoms with Crippen molar-refractivity contribution in [3.05, 3.63) is 38.4 Å². The summed E-state index contributed by atoms with van der Waals surface area (Å²) >= 11 is 6.61. The fraction of sp³-hybridized carbons (Fsp3) is 0.333. The highest BCUT2D eigenvalue weighted by Crippen LogP contribution is 2.28. The largest absolute Gasteiger partial charge is 0.340 e. The Morgan fingerprint density at radius 3 is 2.57 bits per heavy atom. The van der Waals surface area contributed by atoms with Gasteiger partial charge in [-0.05, 0) is 40.5 Å². The molecule has 0 aliphatic carbocycles. The lowest BCUT2D eigenvalue weighted by Crippen LogP contribution is -2.26. The number of aromatic nitrogens is 2. The summed E-state index contributed by atoms with van der Waals surface area (Å²) in [6, 6.07) is 3.32. The molecule has 1 aromatic heterocycles. The Balaban J connectivity index is 2.10. The lowest BCUT2D eigenvalue weighted by Gasteiger charge is -2.09. The van der Waals surface area contributed by atoms with Gasteiger partial charge < -0.3 is 4.52 Å². The van der Waals surface area contributed by atoms with Crippen LogP contribution in [0.25, 0.3) is 0 Å². The molecule has 0 fully saturated rings. The second-order valence-electron chi connectivity index (χ2n) is 4.41. The van der Waals surface area contributed by atoms with Crippen molar-refractivity contribution >= 4 is 41.9 Å². The van der Waals surface area contributed by atoms with Gasteiger partial charge in [0, 0.05) is 28.8 Å². The molecule has 0 unspecified atom stereocenters. The standard InChI is InChI=1S/C12H13Br2N3O3S/c1-7-5-10(14)11(6-9(7)13)21(18,19)15-4-3-12-16-8(2)20-17-12/h5-6,15H,3-4H2,1-2H3. The van der Waals surface area contributed by atoms with E-state index in [4.69, 9.17) is 4.52 Å². The Bertz CT molecular complexity index is 759. The van der Waals surface area contributed by atoms with E-state index in [0.29, 0.717) is 22.6 Å². The predicted molar refractivity (Wildman–Crippen MR) is 84.5 cm³/mol. The highest BCUT2D eigenvalue weighted by atomic mass is 79.9. The second kappa shape index (κ2) is 6.55. The summed E-state index contributed by atoms with van der Waals surface area (Å²) in [5.41, 5.74) is 0.947. The van der Waals surface area contributed by atoms with Crippen LogP contribution in [0.2, 0.25) is 0 Å². The maximum absolute atomic E-state index is 12.3. The third kappa shape index (κ3) is 4.12. The van der Waals surface area contributed by atoms with Gasteiger partial charge in [-0.3, -0.25) is 0 Å². The minimum Gasteiger partial charge on any atom is -0.340 e. The van der Waals surface area contributed by atoms with Crippen LogP contribution in [0.5, 0.6) is 0 Å². The summed E-state index contributed by atoms with van der Waals surface area (Å²) < 4.78 is 33.2. The van der Waals surface area contributed by atoms with Gasteiger partial charge in [-0.1, -0.05) is 21.1 Å². The van der Waals surface area contributed by atoms with E-state index >= 15 is 0 Å². The van der Waals surface area contributed by atoms with Crippen molar-refractivity contribution in [2.75, 3.05) is 6.54 Å². The van der Waals surface area contributed by atoms with E-state index in [1.165, 1.54) is 0 Å². The summed E-state index contributed by atoms with van der Waals surface area (Å²) in [5.74, 6) is 0.928. The summed E-state index contributed by atoms with van der Waals surface area (Å²) in [5, 5.41) is 3.71. The maximum atomic E-state index is 12.3. The number of nitrogens with one attached hydrogen (secondary N) is 1. The van der Waals surface area contributed by atoms with Crippen LogP contribution >= 0.6 is 31.9 Å². The summed E-state index contributed by atoms with van der Waals surface area (Å²) in [4.78, 5) is 4.20. The van der Waals surface area contributed by atoms with E-state index in [1.807, 2.05) is 6.92 Å². The van der Waals surface area contributed by atoms with Gasteiger partial charge in [-0.15, -0.1) is 0 Å². The van der Waals surface area contributed by atoms with Crippen molar-refractivity contribution in [3.63, 3.8) is 0 Å². The molecule has 0 saturated heterocycles. The Morgan fingerprint density at radius 2 is 1.95 bits per heavy atom. The van der Waals surface area contributed by atoms with Gasteiger partial charge in [-0.25, -0.2) is 13.1 Å². The second-order valence-corrected chi connectivity index (χ2v) is 7.85. The van der Waals surface area contributed by atoms with Crippen LogP contribution in [0.1, 0.15) is 17.3 Å². The van der Waals surface area contributed by atoms with Crippen molar-refractivity contribution < 1.29 is 12.9 Å². The maximum Gasteiger partial charge on any atom is 0.241 e. The van der Waals surface area contributed by atoms with Crippen molar-refractivity contribution in [2.24, 2.45) is 0 Å². The van der Waals surface area contributed by atoms with E-state index in [-0.39, 0.29) is 11.4 Å². The number of aryl methyl sites for hydroxylation is 2. The lowest BCUT2D eigenvalue weighted by molar-refractivity contribution is 0.387. The molecule has 0 radical (unpaired) electrons. The van der Waals surface area contributed by atoms with E-state index < -0.39 is 10.0 Å². The average molecular weight is 439 g/mol. The molecule has 0 aliphatic heterocycles. The zero-order chi connectivity index (χ0) is 15.6. The van der Waals surface area contributed by atoms with Crippen LogP contribution in [0.3, 0.4) is 0 Å². The first kappa shape index (κ1) is 16.6. The highest BCUT2D eigenvalue weighted by molar-refractivity contribution is 9.11. The predicted octanol–water partition coefficient (Wildman–Crippen LogP) is 2.73. The van der Waals surface area contributed by atoms with Crippen LogP contribution in [0.4, 0.5) is 0 Å². The minimum absolute atomic E-state index is 0.185. The Hall–Kier alpha value is -0.770. The number of rotatable bonds is 5. The highest BCUT2D eigenvalue weighted by Gasteiger charge is 2.19. The third-order valence-electron chi connectivity index (χ3n) is 2.71. The lowest BCUT2D eigenvalue weighted by atomic mass is 10.2. The molecule has 21 heavy (non-hydrogen) atoms. The average Bonchev–Trinajstić information content (AvgIpc) is 2.79. The molecule has 6 nitrogen and oxygen atoms in total. The monoisotopic (exact) mass is 437 g/mol. The van der Waals surface area contributed by atoms with Crippen LogP contribution in [-0.2, 0) is 16.4 Å². The van der Waals surface area contributed by atoms with Crippen LogP contribution in [-0.4, -0.2) is 25.1 Å². The first-order valence-corrected chi connectivity index (χ1v) is 9.11. The van der Waals surface area contributed by atoms with E-state index in [0.717, 1.165) is 10.0 Å². The van der Waals surface area contributed by atoms with Crippen molar-refractivity contribution in [1.82, 2.24) is 14.9 Å². The van der Waals surface area contributed by atoms with Gasteiger partial charge in [-0.2, -0.15) is 4.98 Å². The van der Waals surface area contributed by atoms with Crippen molar-refractivity contribution in [1.29, 1.82) is 0 Å². The van der Waals surface area contributed by atoms with Gasteiger partial charge in [0.25, 0.3) is 0 Å². The minimum atomic E-state index is -3.61. The van der Waals surface area contributed by atoms with E-state index in [9.17, 15) is 8.42 Å². The van der Waals surface area contributed by atoms with Gasteiger partial charge in [0.15, 0.2) is 5.82 Å². The smallest absolute Gasteiger partial charge is 0.241 e. The zero-order valence-electron chi connectivity index (χ0n) is 11.4. The van der Waals surface area contributed by atoms with Crippen LogP contribution in [0.15, 0.2) is 30.5 Å². The molecule has 2 aromatic rings. The molecular weight excluding hydrogens is 426 g/mol. The third-order valence-corrected chi connectivity index (χ3v) is 5.99. The normalized spacial score (nSPS) is 11.8. The number of sulfonamides is 1. The van der Waals surface area contributed by atoms with Gasteiger partial charge in [0.1, 0.15) is 0 Å². The summed E-state index contributed by atoms with van der Waals surface area (Å²) in [6.07, 6.45) is 0.362. The number of benzene rings is 1. The zero-order valence-corrected chi connectivity index (χ0v) is 15.3. The number of nitrogens with zero attached hydrogens (tertiary/aromatic N) is 2. The Morgan fingerprint density at radius 1 is 1.24 bits per heavy atom. The first-order chi connectivity index (χ1) is 9.79. The van der Waals surface area contributed by atoms with Crippen LogP contribution in [0, 0.1) is 13.8 Å². The molecule has 0 bridgehead atoms.